The van der Waals surface area contributed by atoms with Gasteiger partial charge in [0, 0.05) is 29.4 Å². The molecule has 4 nitrogen and oxygen atoms in total. The van der Waals surface area contributed by atoms with Gasteiger partial charge in [0.2, 0.25) is 0 Å². The third-order valence-corrected chi connectivity index (χ3v) is 7.74. The molecule has 1 saturated carbocycles. The van der Waals surface area contributed by atoms with Crippen molar-refractivity contribution in [1.29, 1.82) is 0 Å². The normalized spacial score (nSPS) is 29.7. The lowest BCUT2D eigenvalue weighted by Crippen LogP contribution is -2.62. The van der Waals surface area contributed by atoms with Crippen molar-refractivity contribution < 1.29 is 14.3 Å². The van der Waals surface area contributed by atoms with Crippen LogP contribution in [0.1, 0.15) is 49.3 Å². The Morgan fingerprint density at radius 2 is 2.00 bits per heavy atom. The van der Waals surface area contributed by atoms with Crippen LogP contribution in [0.25, 0.3) is 0 Å². The number of ketones is 1. The number of benzene rings is 2. The summed E-state index contributed by atoms with van der Waals surface area (Å²) in [4.78, 5) is 13.1. The number of hydrogen-bond donors (Lipinski definition) is 1. The Balaban J connectivity index is 1.61. The van der Waals surface area contributed by atoms with E-state index >= 15 is 0 Å². The smallest absolute Gasteiger partial charge is 0.165 e. The topological polar surface area (TPSA) is 47.6 Å². The van der Waals surface area contributed by atoms with Crippen LogP contribution in [0.15, 0.2) is 42.5 Å². The Hall–Kier alpha value is -2.33. The van der Waals surface area contributed by atoms with E-state index in [0.717, 1.165) is 49.3 Å². The van der Waals surface area contributed by atoms with Gasteiger partial charge in [-0.05, 0) is 55.3 Å². The summed E-state index contributed by atoms with van der Waals surface area (Å²) in [6, 6.07) is 14.9. The first-order valence-electron chi connectivity index (χ1n) is 11.3. The summed E-state index contributed by atoms with van der Waals surface area (Å²) >= 11 is 0. The highest BCUT2D eigenvalue weighted by Crippen LogP contribution is 2.58. The highest BCUT2D eigenvalue weighted by molar-refractivity contribution is 5.84. The highest BCUT2D eigenvalue weighted by atomic mass is 16.5. The number of hydrogen-bond acceptors (Lipinski definition) is 4. The summed E-state index contributed by atoms with van der Waals surface area (Å²) in [5, 5.41) is 3.77. The van der Waals surface area contributed by atoms with Gasteiger partial charge in [-0.25, -0.2) is 0 Å². The quantitative estimate of drug-likeness (QED) is 0.799. The summed E-state index contributed by atoms with van der Waals surface area (Å²) in [7, 11) is 1.71. The van der Waals surface area contributed by atoms with Crippen LogP contribution >= 0.6 is 0 Å². The maximum absolute atomic E-state index is 13.1. The number of carbonyl (C=O) groups excluding carboxylic acids is 1. The largest absolute Gasteiger partial charge is 0.493 e. The Bertz CT molecular complexity index is 941. The van der Waals surface area contributed by atoms with Crippen LogP contribution in [0.5, 0.6) is 11.5 Å². The van der Waals surface area contributed by atoms with Gasteiger partial charge >= 0.3 is 0 Å². The van der Waals surface area contributed by atoms with Crippen LogP contribution in [0, 0.1) is 11.8 Å². The van der Waals surface area contributed by atoms with E-state index in [1.165, 1.54) is 11.1 Å². The molecule has 4 atom stereocenters. The van der Waals surface area contributed by atoms with E-state index in [1.54, 1.807) is 7.11 Å². The lowest BCUT2D eigenvalue weighted by molar-refractivity contribution is -0.130. The standard InChI is InChI=1S/C26H31NO3/c1-3-18-13-20-21-14-19-9-10-23(29-2)25(30-16-17-7-5-4-6-8-17)24(19)26(20,11-12-27-21)15-22(18)28/h4-10,18,20-21,27H,3,11-16H2,1-2H3/t18?,20-,21+,26-/m1/s1. The molecule has 2 fully saturated rings. The monoisotopic (exact) mass is 405 g/mol. The summed E-state index contributed by atoms with van der Waals surface area (Å²) in [5.74, 6) is 2.74. The van der Waals surface area contributed by atoms with Crippen molar-refractivity contribution in [2.45, 2.75) is 57.1 Å². The van der Waals surface area contributed by atoms with Gasteiger partial charge in [0.05, 0.1) is 7.11 Å². The molecule has 0 radical (unpaired) electrons. The van der Waals surface area contributed by atoms with Crippen LogP contribution in [-0.2, 0) is 23.2 Å². The van der Waals surface area contributed by atoms with E-state index in [9.17, 15) is 4.79 Å². The van der Waals surface area contributed by atoms with Gasteiger partial charge in [-0.15, -0.1) is 0 Å². The molecule has 2 aromatic rings. The fourth-order valence-electron chi connectivity index (χ4n) is 6.29. The van der Waals surface area contributed by atoms with E-state index < -0.39 is 0 Å². The summed E-state index contributed by atoms with van der Waals surface area (Å²) in [5.41, 5.74) is 3.57. The molecule has 30 heavy (non-hydrogen) atoms. The molecule has 0 aromatic heterocycles. The molecule has 0 amide bonds. The summed E-state index contributed by atoms with van der Waals surface area (Å²) in [6.07, 6.45) is 4.55. The van der Waals surface area contributed by atoms with Gasteiger partial charge in [-0.3, -0.25) is 4.79 Å². The van der Waals surface area contributed by atoms with Crippen LogP contribution in [0.4, 0.5) is 0 Å². The summed E-state index contributed by atoms with van der Waals surface area (Å²) in [6.45, 7) is 3.61. The van der Waals surface area contributed by atoms with Crippen LogP contribution in [0.3, 0.4) is 0 Å². The SMILES string of the molecule is CCC1C[C@@H]2[C@@H]3Cc4ccc(OC)c(OCc5ccccc5)c4[C@]2(CCN3)CC1=O. The average molecular weight is 406 g/mol. The van der Waals surface area contributed by atoms with Crippen molar-refractivity contribution in [2.24, 2.45) is 11.8 Å². The Labute approximate surface area is 179 Å². The predicted octanol–water partition coefficient (Wildman–Crippen LogP) is 4.44. The second kappa shape index (κ2) is 7.73. The molecular formula is C26H31NO3. The zero-order valence-corrected chi connectivity index (χ0v) is 17.9. The fourth-order valence-corrected chi connectivity index (χ4v) is 6.29. The molecule has 1 N–H and O–H groups in total. The van der Waals surface area contributed by atoms with Crippen molar-refractivity contribution in [3.63, 3.8) is 0 Å². The van der Waals surface area contributed by atoms with Crippen LogP contribution in [0.2, 0.25) is 0 Å². The number of ether oxygens (including phenoxy) is 2. The molecule has 1 unspecified atom stereocenters. The fraction of sp³-hybridized carbons (Fsp3) is 0.500. The molecule has 1 saturated heterocycles. The molecule has 3 aliphatic rings. The lowest BCUT2D eigenvalue weighted by Gasteiger charge is -2.56. The number of Topliss-reactive ketones (excluding diaryl/α,β-unsaturated/α-hetero) is 1. The maximum Gasteiger partial charge on any atom is 0.165 e. The molecule has 2 aromatic carbocycles. The molecule has 2 aliphatic carbocycles. The Morgan fingerprint density at radius 1 is 1.17 bits per heavy atom. The van der Waals surface area contributed by atoms with Gasteiger partial charge in [-0.1, -0.05) is 43.3 Å². The number of carbonyl (C=O) groups is 1. The zero-order valence-electron chi connectivity index (χ0n) is 17.9. The number of fused-ring (bicyclic) bond motifs is 1. The van der Waals surface area contributed by atoms with Crippen LogP contribution < -0.4 is 14.8 Å². The van der Waals surface area contributed by atoms with Gasteiger partial charge < -0.3 is 14.8 Å². The molecule has 4 heteroatoms. The summed E-state index contributed by atoms with van der Waals surface area (Å²) < 4.78 is 12.2. The predicted molar refractivity (Wildman–Crippen MR) is 117 cm³/mol. The Morgan fingerprint density at radius 3 is 2.77 bits per heavy atom. The molecule has 158 valence electrons. The molecule has 0 spiro atoms. The van der Waals surface area contributed by atoms with E-state index in [1.807, 2.05) is 24.3 Å². The molecule has 1 aliphatic heterocycles. The van der Waals surface area contributed by atoms with Crippen molar-refractivity contribution in [3.05, 3.63) is 59.2 Å². The number of nitrogens with one attached hydrogen (secondary N) is 1. The zero-order chi connectivity index (χ0) is 20.7. The Kier molecular flexibility index (Phi) is 5.06. The van der Waals surface area contributed by atoms with E-state index in [0.29, 0.717) is 30.8 Å². The molecule has 5 rings (SSSR count). The van der Waals surface area contributed by atoms with Crippen molar-refractivity contribution >= 4 is 5.78 Å². The lowest BCUT2D eigenvalue weighted by atomic mass is 9.50. The first-order chi connectivity index (χ1) is 14.7. The molecule has 1 heterocycles. The van der Waals surface area contributed by atoms with Crippen LogP contribution in [-0.4, -0.2) is 25.5 Å². The minimum Gasteiger partial charge on any atom is -0.493 e. The first-order valence-corrected chi connectivity index (χ1v) is 11.3. The second-order valence-corrected chi connectivity index (χ2v) is 9.17. The third kappa shape index (κ3) is 3.04. The van der Waals surface area contributed by atoms with Crippen molar-refractivity contribution in [3.8, 4) is 11.5 Å². The number of piperidine rings is 1. The first kappa shape index (κ1) is 19.6. The minimum absolute atomic E-state index is 0.132. The van der Waals surface area contributed by atoms with Gasteiger partial charge in [0.25, 0.3) is 0 Å². The second-order valence-electron chi connectivity index (χ2n) is 9.17. The van der Waals surface area contributed by atoms with E-state index in [2.05, 4.69) is 30.4 Å². The van der Waals surface area contributed by atoms with Gasteiger partial charge in [0.15, 0.2) is 11.5 Å². The number of rotatable bonds is 5. The maximum atomic E-state index is 13.1. The van der Waals surface area contributed by atoms with Crippen molar-refractivity contribution in [2.75, 3.05) is 13.7 Å². The van der Waals surface area contributed by atoms with Crippen molar-refractivity contribution in [1.82, 2.24) is 5.32 Å². The number of methoxy groups -OCH3 is 1. The average Bonchev–Trinajstić information content (AvgIpc) is 2.77. The molecule has 2 bridgehead atoms. The van der Waals surface area contributed by atoms with E-state index in [-0.39, 0.29) is 11.3 Å². The third-order valence-electron chi connectivity index (χ3n) is 7.74. The van der Waals surface area contributed by atoms with Gasteiger partial charge in [0.1, 0.15) is 12.4 Å². The van der Waals surface area contributed by atoms with E-state index in [4.69, 9.17) is 9.47 Å². The highest BCUT2D eigenvalue weighted by Gasteiger charge is 2.56. The van der Waals surface area contributed by atoms with Gasteiger partial charge in [-0.2, -0.15) is 0 Å². The molecular weight excluding hydrogens is 374 g/mol. The minimum atomic E-state index is -0.132.